The van der Waals surface area contributed by atoms with Crippen LogP contribution in [0.3, 0.4) is 0 Å². The van der Waals surface area contributed by atoms with Crippen molar-refractivity contribution in [3.63, 3.8) is 0 Å². The summed E-state index contributed by atoms with van der Waals surface area (Å²) < 4.78 is 10.1. The molecule has 1 N–H and O–H groups in total. The number of hydrogen-bond acceptors (Lipinski definition) is 6. The summed E-state index contributed by atoms with van der Waals surface area (Å²) in [7, 11) is 0. The Morgan fingerprint density at radius 1 is 1.11 bits per heavy atom. The van der Waals surface area contributed by atoms with Crippen molar-refractivity contribution in [3.8, 4) is 0 Å². The molecule has 0 aliphatic rings. The van der Waals surface area contributed by atoms with E-state index in [2.05, 4.69) is 5.32 Å². The lowest BCUT2D eigenvalue weighted by Crippen LogP contribution is -2.15. The van der Waals surface area contributed by atoms with E-state index in [1.807, 2.05) is 13.8 Å². The zero-order valence-corrected chi connectivity index (χ0v) is 15.6. The molecule has 0 atom stereocenters. The van der Waals surface area contributed by atoms with Gasteiger partial charge in [0.15, 0.2) is 12.4 Å². The Hall–Kier alpha value is -3.19. The van der Waals surface area contributed by atoms with Gasteiger partial charge < -0.3 is 14.5 Å². The van der Waals surface area contributed by atoms with E-state index in [1.165, 1.54) is 29.7 Å². The van der Waals surface area contributed by atoms with Crippen LogP contribution in [0.5, 0.6) is 0 Å². The number of Topliss-reactive ketones (excluding diaryl/α,β-unsaturated/α-hetero) is 1. The summed E-state index contributed by atoms with van der Waals surface area (Å²) >= 11 is 1.53. The molecule has 6 nitrogen and oxygen atoms in total. The van der Waals surface area contributed by atoms with E-state index in [-0.39, 0.29) is 29.6 Å². The predicted octanol–water partition coefficient (Wildman–Crippen LogP) is 4.25. The summed E-state index contributed by atoms with van der Waals surface area (Å²) in [6.45, 7) is 3.47. The molecule has 1 aromatic carbocycles. The molecule has 2 heterocycles. The Balaban J connectivity index is 1.56. The average Bonchev–Trinajstić information content (AvgIpc) is 3.29. The Labute approximate surface area is 159 Å². The minimum absolute atomic E-state index is 0.191. The maximum atomic E-state index is 12.2. The van der Waals surface area contributed by atoms with Crippen molar-refractivity contribution in [1.82, 2.24) is 0 Å². The lowest BCUT2D eigenvalue weighted by atomic mass is 10.1. The third-order valence-electron chi connectivity index (χ3n) is 3.80. The van der Waals surface area contributed by atoms with Crippen LogP contribution in [0.4, 0.5) is 5.69 Å². The molecule has 2 aromatic heterocycles. The second kappa shape index (κ2) is 8.01. The standard InChI is InChI=1S/C20H17NO5S/c1-12-10-16(13(2)27-12)17(22)11-26-20(24)14-5-7-15(8-6-14)21-19(23)18-4-3-9-25-18/h3-10H,11H2,1-2H3,(H,21,23). The lowest BCUT2D eigenvalue weighted by Gasteiger charge is -2.06. The SMILES string of the molecule is Cc1cc(C(=O)COC(=O)c2ccc(NC(=O)c3ccco3)cc2)c(C)s1. The zero-order valence-electron chi connectivity index (χ0n) is 14.8. The van der Waals surface area contributed by atoms with E-state index >= 15 is 0 Å². The minimum atomic E-state index is -0.600. The molecule has 0 radical (unpaired) electrons. The summed E-state index contributed by atoms with van der Waals surface area (Å²) in [6, 6.07) is 11.2. The number of ketones is 1. The van der Waals surface area contributed by atoms with Crippen molar-refractivity contribution in [1.29, 1.82) is 0 Å². The third-order valence-corrected chi connectivity index (χ3v) is 4.77. The molecule has 27 heavy (non-hydrogen) atoms. The van der Waals surface area contributed by atoms with E-state index in [4.69, 9.17) is 9.15 Å². The van der Waals surface area contributed by atoms with Crippen molar-refractivity contribution in [2.45, 2.75) is 13.8 Å². The van der Waals surface area contributed by atoms with Gasteiger partial charge in [-0.3, -0.25) is 9.59 Å². The molecular weight excluding hydrogens is 366 g/mol. The van der Waals surface area contributed by atoms with Gasteiger partial charge in [-0.05, 0) is 56.3 Å². The topological polar surface area (TPSA) is 85.6 Å². The predicted molar refractivity (Wildman–Crippen MR) is 102 cm³/mol. The molecular formula is C20H17NO5S. The van der Waals surface area contributed by atoms with Gasteiger partial charge in [-0.15, -0.1) is 11.3 Å². The van der Waals surface area contributed by atoms with Crippen molar-refractivity contribution >= 4 is 34.7 Å². The van der Waals surface area contributed by atoms with Crippen molar-refractivity contribution < 1.29 is 23.5 Å². The van der Waals surface area contributed by atoms with Crippen molar-refractivity contribution in [2.75, 3.05) is 11.9 Å². The number of ether oxygens (including phenoxy) is 1. The van der Waals surface area contributed by atoms with E-state index in [0.29, 0.717) is 11.3 Å². The first-order valence-corrected chi connectivity index (χ1v) is 8.98. The minimum Gasteiger partial charge on any atom is -0.459 e. The van der Waals surface area contributed by atoms with Gasteiger partial charge in [-0.1, -0.05) is 0 Å². The Bertz CT molecular complexity index is 970. The normalized spacial score (nSPS) is 10.4. The number of carbonyl (C=O) groups excluding carboxylic acids is 3. The number of esters is 1. The molecule has 0 bridgehead atoms. The highest BCUT2D eigenvalue weighted by Crippen LogP contribution is 2.21. The molecule has 0 unspecified atom stereocenters. The van der Waals surface area contributed by atoms with Crippen LogP contribution < -0.4 is 5.32 Å². The first-order chi connectivity index (χ1) is 12.9. The van der Waals surface area contributed by atoms with Crippen molar-refractivity contribution in [3.05, 3.63) is 75.4 Å². The van der Waals surface area contributed by atoms with Crippen LogP contribution in [0.15, 0.2) is 53.1 Å². The van der Waals surface area contributed by atoms with Crippen LogP contribution in [-0.2, 0) is 4.74 Å². The Kier molecular flexibility index (Phi) is 5.52. The van der Waals surface area contributed by atoms with E-state index in [1.54, 1.807) is 30.3 Å². The van der Waals surface area contributed by atoms with E-state index < -0.39 is 5.97 Å². The highest BCUT2D eigenvalue weighted by atomic mass is 32.1. The van der Waals surface area contributed by atoms with Crippen LogP contribution in [0.1, 0.15) is 41.0 Å². The van der Waals surface area contributed by atoms with Crippen LogP contribution >= 0.6 is 11.3 Å². The molecule has 0 spiro atoms. The number of anilines is 1. The molecule has 7 heteroatoms. The fraction of sp³-hybridized carbons (Fsp3) is 0.150. The molecule has 1 amide bonds. The van der Waals surface area contributed by atoms with Gasteiger partial charge in [0.2, 0.25) is 5.78 Å². The monoisotopic (exact) mass is 383 g/mol. The number of thiophene rings is 1. The van der Waals surface area contributed by atoms with Gasteiger partial charge in [-0.2, -0.15) is 0 Å². The number of hydrogen-bond donors (Lipinski definition) is 1. The lowest BCUT2D eigenvalue weighted by molar-refractivity contribution is 0.0474. The van der Waals surface area contributed by atoms with E-state index in [9.17, 15) is 14.4 Å². The van der Waals surface area contributed by atoms with Gasteiger partial charge in [-0.25, -0.2) is 4.79 Å². The Morgan fingerprint density at radius 2 is 1.85 bits per heavy atom. The van der Waals surface area contributed by atoms with Gasteiger partial charge in [0.25, 0.3) is 5.91 Å². The highest BCUT2D eigenvalue weighted by Gasteiger charge is 2.16. The summed E-state index contributed by atoms with van der Waals surface area (Å²) in [6.07, 6.45) is 1.41. The quantitative estimate of drug-likeness (QED) is 0.508. The van der Waals surface area contributed by atoms with Crippen molar-refractivity contribution in [2.24, 2.45) is 0 Å². The molecule has 0 saturated heterocycles. The highest BCUT2D eigenvalue weighted by molar-refractivity contribution is 7.12. The van der Waals surface area contributed by atoms with Gasteiger partial charge >= 0.3 is 5.97 Å². The zero-order chi connectivity index (χ0) is 19.4. The number of rotatable bonds is 6. The largest absolute Gasteiger partial charge is 0.459 e. The molecule has 0 aliphatic carbocycles. The second-order valence-electron chi connectivity index (χ2n) is 5.83. The van der Waals surface area contributed by atoms with Crippen LogP contribution in [-0.4, -0.2) is 24.3 Å². The first kappa shape index (κ1) is 18.6. The van der Waals surface area contributed by atoms with E-state index in [0.717, 1.165) is 9.75 Å². The van der Waals surface area contributed by atoms with Gasteiger partial charge in [0.05, 0.1) is 11.8 Å². The maximum Gasteiger partial charge on any atom is 0.338 e. The fourth-order valence-electron chi connectivity index (χ4n) is 2.49. The summed E-state index contributed by atoms with van der Waals surface area (Å²) in [5.74, 6) is -1.03. The summed E-state index contributed by atoms with van der Waals surface area (Å²) in [4.78, 5) is 38.1. The molecule has 3 rings (SSSR count). The maximum absolute atomic E-state index is 12.2. The summed E-state index contributed by atoms with van der Waals surface area (Å²) in [5.41, 5.74) is 1.38. The molecule has 0 aliphatic heterocycles. The molecule has 0 fully saturated rings. The fourth-order valence-corrected chi connectivity index (χ4v) is 3.43. The number of aryl methyl sites for hydroxylation is 2. The molecule has 3 aromatic rings. The number of nitrogens with one attached hydrogen (secondary N) is 1. The number of furan rings is 1. The number of amides is 1. The van der Waals surface area contributed by atoms with Crippen LogP contribution in [0.25, 0.3) is 0 Å². The molecule has 138 valence electrons. The third kappa shape index (κ3) is 4.51. The second-order valence-corrected chi connectivity index (χ2v) is 7.30. The number of benzene rings is 1. The van der Waals surface area contributed by atoms with Gasteiger partial charge in [0, 0.05) is 21.0 Å². The molecule has 0 saturated carbocycles. The summed E-state index contributed by atoms with van der Waals surface area (Å²) in [5, 5.41) is 2.65. The van der Waals surface area contributed by atoms with Gasteiger partial charge in [0.1, 0.15) is 0 Å². The van der Waals surface area contributed by atoms with Crippen LogP contribution in [0, 0.1) is 13.8 Å². The number of carbonyl (C=O) groups is 3. The van der Waals surface area contributed by atoms with Crippen LogP contribution in [0.2, 0.25) is 0 Å². The Morgan fingerprint density at radius 3 is 2.44 bits per heavy atom. The first-order valence-electron chi connectivity index (χ1n) is 8.16. The smallest absolute Gasteiger partial charge is 0.338 e. The average molecular weight is 383 g/mol.